The van der Waals surface area contributed by atoms with Gasteiger partial charge in [-0.2, -0.15) is 0 Å². The number of carbonyl (C=O) groups is 1. The van der Waals surface area contributed by atoms with E-state index in [0.717, 1.165) is 38.2 Å². The molecule has 1 N–H and O–H groups in total. The molecule has 0 aromatic carbocycles. The van der Waals surface area contributed by atoms with Gasteiger partial charge >= 0.3 is 0 Å². The molecule has 98 valence electrons. The normalized spacial score (nSPS) is 17.6. The molecule has 1 aliphatic heterocycles. The van der Waals surface area contributed by atoms with Crippen LogP contribution in [-0.2, 0) is 11.2 Å². The van der Waals surface area contributed by atoms with Crippen LogP contribution in [0.2, 0.25) is 0 Å². The largest absolute Gasteiger partial charge is 0.304 e. The maximum atomic E-state index is 11.8. The molecule has 1 fully saturated rings. The first kappa shape index (κ1) is 13.0. The van der Waals surface area contributed by atoms with Crippen molar-refractivity contribution in [3.63, 3.8) is 0 Å². The Kier molecular flexibility index (Phi) is 4.66. The van der Waals surface area contributed by atoms with Gasteiger partial charge in [0.2, 0.25) is 5.91 Å². The Morgan fingerprint density at radius 3 is 2.61 bits per heavy atom. The molecule has 0 atom stereocenters. The van der Waals surface area contributed by atoms with Gasteiger partial charge in [-0.3, -0.25) is 15.2 Å². The summed E-state index contributed by atoms with van der Waals surface area (Å²) < 4.78 is 0. The zero-order valence-corrected chi connectivity index (χ0v) is 10.8. The number of nitrogens with one attached hydrogen (secondary N) is 1. The first-order chi connectivity index (χ1) is 8.74. The van der Waals surface area contributed by atoms with Crippen LogP contribution in [0.15, 0.2) is 24.5 Å². The molecule has 18 heavy (non-hydrogen) atoms. The van der Waals surface area contributed by atoms with E-state index >= 15 is 0 Å². The summed E-state index contributed by atoms with van der Waals surface area (Å²) in [5.41, 5.74) is 4.11. The molecule has 1 saturated heterocycles. The predicted octanol–water partition coefficient (Wildman–Crippen LogP) is 0.293. The van der Waals surface area contributed by atoms with Crippen molar-refractivity contribution in [2.75, 3.05) is 33.2 Å². The number of aromatic nitrogens is 1. The molecule has 1 amide bonds. The molecule has 0 spiro atoms. The molecule has 1 aromatic heterocycles. The summed E-state index contributed by atoms with van der Waals surface area (Å²) in [6.07, 6.45) is 4.81. The van der Waals surface area contributed by atoms with Crippen LogP contribution in [0.5, 0.6) is 0 Å². The highest BCUT2D eigenvalue weighted by molar-refractivity contribution is 5.75. The topological polar surface area (TPSA) is 48.5 Å². The quantitative estimate of drug-likeness (QED) is 0.832. The molecule has 1 aromatic rings. The SMILES string of the molecule is CN1CCN(NC(=O)CCc2ccncc2)CC1. The van der Waals surface area contributed by atoms with Gasteiger partial charge in [0, 0.05) is 45.0 Å². The molecule has 1 aliphatic rings. The number of aryl methyl sites for hydroxylation is 1. The molecular formula is C13H20N4O. The number of piperazine rings is 1. The Hall–Kier alpha value is -1.46. The van der Waals surface area contributed by atoms with Crippen molar-refractivity contribution in [2.45, 2.75) is 12.8 Å². The molecule has 0 unspecified atom stereocenters. The van der Waals surface area contributed by atoms with E-state index in [2.05, 4.69) is 22.4 Å². The van der Waals surface area contributed by atoms with Crippen molar-refractivity contribution in [3.05, 3.63) is 30.1 Å². The van der Waals surface area contributed by atoms with Gasteiger partial charge in [-0.25, -0.2) is 5.01 Å². The van der Waals surface area contributed by atoms with Crippen LogP contribution in [0.1, 0.15) is 12.0 Å². The van der Waals surface area contributed by atoms with E-state index in [0.29, 0.717) is 6.42 Å². The third kappa shape index (κ3) is 4.09. The first-order valence-corrected chi connectivity index (χ1v) is 6.36. The van der Waals surface area contributed by atoms with Crippen LogP contribution in [0.25, 0.3) is 0 Å². The maximum absolute atomic E-state index is 11.8. The summed E-state index contributed by atoms with van der Waals surface area (Å²) in [6.45, 7) is 3.81. The van der Waals surface area contributed by atoms with Crippen molar-refractivity contribution < 1.29 is 4.79 Å². The minimum absolute atomic E-state index is 0.0939. The van der Waals surface area contributed by atoms with Crippen molar-refractivity contribution >= 4 is 5.91 Å². The summed E-state index contributed by atoms with van der Waals surface area (Å²) in [4.78, 5) is 18.0. The van der Waals surface area contributed by atoms with E-state index in [1.807, 2.05) is 17.1 Å². The second-order valence-electron chi connectivity index (χ2n) is 4.68. The lowest BCUT2D eigenvalue weighted by Crippen LogP contribution is -2.52. The standard InChI is InChI=1S/C13H20N4O/c1-16-8-10-17(11-9-16)15-13(18)3-2-12-4-6-14-7-5-12/h4-7H,2-3,8-11H2,1H3,(H,15,18). The van der Waals surface area contributed by atoms with E-state index in [1.54, 1.807) is 12.4 Å². The molecule has 5 nitrogen and oxygen atoms in total. The van der Waals surface area contributed by atoms with Crippen molar-refractivity contribution in [1.82, 2.24) is 20.3 Å². The number of hydrogen-bond acceptors (Lipinski definition) is 4. The monoisotopic (exact) mass is 248 g/mol. The fourth-order valence-corrected chi connectivity index (χ4v) is 1.96. The van der Waals surface area contributed by atoms with E-state index in [4.69, 9.17) is 0 Å². The zero-order valence-electron chi connectivity index (χ0n) is 10.8. The fourth-order valence-electron chi connectivity index (χ4n) is 1.96. The van der Waals surface area contributed by atoms with Gasteiger partial charge in [0.1, 0.15) is 0 Å². The van der Waals surface area contributed by atoms with Gasteiger partial charge in [-0.15, -0.1) is 0 Å². The number of pyridine rings is 1. The van der Waals surface area contributed by atoms with Gasteiger partial charge in [-0.1, -0.05) is 0 Å². The third-order valence-electron chi connectivity index (χ3n) is 3.18. The molecule has 2 rings (SSSR count). The van der Waals surface area contributed by atoms with Crippen molar-refractivity contribution in [3.8, 4) is 0 Å². The van der Waals surface area contributed by atoms with Crippen LogP contribution in [-0.4, -0.2) is 54.0 Å². The lowest BCUT2D eigenvalue weighted by molar-refractivity contribution is -0.126. The Balaban J connectivity index is 1.69. The summed E-state index contributed by atoms with van der Waals surface area (Å²) >= 11 is 0. The number of amides is 1. The van der Waals surface area contributed by atoms with E-state index in [-0.39, 0.29) is 5.91 Å². The number of rotatable bonds is 4. The number of hydrogen-bond donors (Lipinski definition) is 1. The van der Waals surface area contributed by atoms with Crippen molar-refractivity contribution in [2.24, 2.45) is 0 Å². The number of hydrazine groups is 1. The lowest BCUT2D eigenvalue weighted by Gasteiger charge is -2.32. The third-order valence-corrected chi connectivity index (χ3v) is 3.18. The summed E-state index contributed by atoms with van der Waals surface area (Å²) in [5, 5.41) is 2.01. The molecular weight excluding hydrogens is 228 g/mol. The van der Waals surface area contributed by atoms with E-state index < -0.39 is 0 Å². The van der Waals surface area contributed by atoms with Gasteiger partial charge < -0.3 is 4.90 Å². The van der Waals surface area contributed by atoms with Crippen LogP contribution in [0.3, 0.4) is 0 Å². The number of nitrogens with zero attached hydrogens (tertiary/aromatic N) is 3. The number of likely N-dealkylation sites (N-methyl/N-ethyl adjacent to an activating group) is 1. The average molecular weight is 248 g/mol. The summed E-state index contributed by atoms with van der Waals surface area (Å²) in [5.74, 6) is 0.0939. The predicted molar refractivity (Wildman–Crippen MR) is 69.8 cm³/mol. The van der Waals surface area contributed by atoms with E-state index in [9.17, 15) is 4.79 Å². The van der Waals surface area contributed by atoms with E-state index in [1.165, 1.54) is 0 Å². The van der Waals surface area contributed by atoms with Gasteiger partial charge in [0.15, 0.2) is 0 Å². The summed E-state index contributed by atoms with van der Waals surface area (Å²) in [7, 11) is 2.10. The second-order valence-corrected chi connectivity index (χ2v) is 4.68. The Morgan fingerprint density at radius 1 is 1.28 bits per heavy atom. The Bertz CT molecular complexity index is 374. The molecule has 0 aliphatic carbocycles. The lowest BCUT2D eigenvalue weighted by atomic mass is 10.1. The van der Waals surface area contributed by atoms with Crippen LogP contribution in [0, 0.1) is 0 Å². The van der Waals surface area contributed by atoms with Crippen molar-refractivity contribution in [1.29, 1.82) is 0 Å². The molecule has 0 bridgehead atoms. The second kappa shape index (κ2) is 6.47. The highest BCUT2D eigenvalue weighted by atomic mass is 16.2. The maximum Gasteiger partial charge on any atom is 0.234 e. The van der Waals surface area contributed by atoms with Crippen LogP contribution >= 0.6 is 0 Å². The highest BCUT2D eigenvalue weighted by Crippen LogP contribution is 2.01. The summed E-state index contributed by atoms with van der Waals surface area (Å²) in [6, 6.07) is 3.90. The van der Waals surface area contributed by atoms with Gasteiger partial charge in [0.05, 0.1) is 0 Å². The smallest absolute Gasteiger partial charge is 0.234 e. The molecule has 2 heterocycles. The minimum atomic E-state index is 0.0939. The zero-order chi connectivity index (χ0) is 12.8. The Labute approximate surface area is 108 Å². The minimum Gasteiger partial charge on any atom is -0.304 e. The number of carbonyl (C=O) groups excluding carboxylic acids is 1. The highest BCUT2D eigenvalue weighted by Gasteiger charge is 2.15. The average Bonchev–Trinajstić information content (AvgIpc) is 2.40. The molecule has 0 saturated carbocycles. The first-order valence-electron chi connectivity index (χ1n) is 6.36. The fraction of sp³-hybridized carbons (Fsp3) is 0.538. The van der Waals surface area contributed by atoms with Gasteiger partial charge in [-0.05, 0) is 31.2 Å². The van der Waals surface area contributed by atoms with Crippen LogP contribution in [0.4, 0.5) is 0 Å². The molecule has 5 heteroatoms. The molecule has 0 radical (unpaired) electrons. The van der Waals surface area contributed by atoms with Gasteiger partial charge in [0.25, 0.3) is 0 Å². The Morgan fingerprint density at radius 2 is 1.94 bits per heavy atom. The van der Waals surface area contributed by atoms with Crippen LogP contribution < -0.4 is 5.43 Å².